The van der Waals surface area contributed by atoms with Crippen molar-refractivity contribution in [3.8, 4) is 0 Å². The first-order chi connectivity index (χ1) is 5.29. The molecule has 2 aliphatic rings. The van der Waals surface area contributed by atoms with E-state index in [1.54, 1.807) is 0 Å². The maximum Gasteiger partial charge on any atom is 0.128 e. The molecule has 0 spiro atoms. The standard InChI is InChI=1S/C7H6BrClN2/c8-5-1-2-6(9)11-4-3-10-7(5)11/h1-4,6,10H. The molecule has 0 bridgehead atoms. The molecule has 0 aromatic rings. The molecule has 0 aliphatic carbocycles. The van der Waals surface area contributed by atoms with Gasteiger partial charge in [0.2, 0.25) is 0 Å². The van der Waals surface area contributed by atoms with Gasteiger partial charge in [-0.25, -0.2) is 0 Å². The monoisotopic (exact) mass is 232 g/mol. The molecular weight excluding hydrogens is 227 g/mol. The van der Waals surface area contributed by atoms with E-state index in [0.717, 1.165) is 10.3 Å². The molecule has 0 fully saturated rings. The average molecular weight is 233 g/mol. The normalized spacial score (nSPS) is 27.5. The lowest BCUT2D eigenvalue weighted by molar-refractivity contribution is 0.475. The van der Waals surface area contributed by atoms with E-state index in [1.165, 1.54) is 0 Å². The van der Waals surface area contributed by atoms with Gasteiger partial charge < -0.3 is 10.2 Å². The molecule has 2 rings (SSSR count). The molecule has 4 heteroatoms. The summed E-state index contributed by atoms with van der Waals surface area (Å²) in [5.74, 6) is 1.01. The van der Waals surface area contributed by atoms with Gasteiger partial charge in [0.05, 0.1) is 4.48 Å². The van der Waals surface area contributed by atoms with Gasteiger partial charge in [0.25, 0.3) is 0 Å². The maximum absolute atomic E-state index is 5.98. The van der Waals surface area contributed by atoms with Gasteiger partial charge in [0.1, 0.15) is 11.3 Å². The molecule has 2 nitrogen and oxygen atoms in total. The lowest BCUT2D eigenvalue weighted by Gasteiger charge is -2.25. The number of rotatable bonds is 0. The van der Waals surface area contributed by atoms with Crippen LogP contribution in [-0.4, -0.2) is 10.4 Å². The Morgan fingerprint density at radius 1 is 1.64 bits per heavy atom. The van der Waals surface area contributed by atoms with Gasteiger partial charge in [-0.1, -0.05) is 11.6 Å². The first kappa shape index (κ1) is 7.25. The fourth-order valence-corrected chi connectivity index (χ4v) is 1.79. The van der Waals surface area contributed by atoms with Gasteiger partial charge >= 0.3 is 0 Å². The molecule has 0 radical (unpaired) electrons. The van der Waals surface area contributed by atoms with Gasteiger partial charge in [-0.05, 0) is 28.1 Å². The third-order valence-electron chi connectivity index (χ3n) is 1.61. The Balaban J connectivity index is 2.39. The van der Waals surface area contributed by atoms with E-state index in [2.05, 4.69) is 21.2 Å². The minimum absolute atomic E-state index is 0.0717. The van der Waals surface area contributed by atoms with Crippen molar-refractivity contribution in [2.45, 2.75) is 5.50 Å². The highest BCUT2D eigenvalue weighted by atomic mass is 79.9. The molecule has 0 aromatic carbocycles. The smallest absolute Gasteiger partial charge is 0.128 e. The molecule has 1 N–H and O–H groups in total. The number of alkyl halides is 1. The number of halogens is 2. The van der Waals surface area contributed by atoms with E-state index < -0.39 is 0 Å². The maximum atomic E-state index is 5.98. The van der Waals surface area contributed by atoms with Crippen LogP contribution in [0.4, 0.5) is 0 Å². The number of nitrogens with one attached hydrogen (secondary N) is 1. The fraction of sp³-hybridized carbons (Fsp3) is 0.143. The average Bonchev–Trinajstić information content (AvgIpc) is 2.45. The highest BCUT2D eigenvalue weighted by molar-refractivity contribution is 9.11. The van der Waals surface area contributed by atoms with E-state index in [-0.39, 0.29) is 5.50 Å². The summed E-state index contributed by atoms with van der Waals surface area (Å²) in [5, 5.41) is 3.08. The fourth-order valence-electron chi connectivity index (χ4n) is 1.08. The minimum Gasteiger partial charge on any atom is -0.346 e. The first-order valence-corrected chi connectivity index (χ1v) is 4.45. The van der Waals surface area contributed by atoms with Crippen LogP contribution in [0.25, 0.3) is 0 Å². The van der Waals surface area contributed by atoms with Crippen LogP contribution in [0.15, 0.2) is 34.9 Å². The topological polar surface area (TPSA) is 15.3 Å². The SMILES string of the molecule is ClC1C=CC(Br)=C2NC=CN21. The van der Waals surface area contributed by atoms with E-state index in [9.17, 15) is 0 Å². The predicted octanol–water partition coefficient (Wildman–Crippen LogP) is 2.06. The second-order valence-electron chi connectivity index (χ2n) is 2.30. The lowest BCUT2D eigenvalue weighted by Crippen LogP contribution is -2.27. The summed E-state index contributed by atoms with van der Waals surface area (Å²) < 4.78 is 1.03. The van der Waals surface area contributed by atoms with E-state index in [0.29, 0.717) is 0 Å². The van der Waals surface area contributed by atoms with Gasteiger partial charge in [-0.3, -0.25) is 0 Å². The molecule has 0 saturated carbocycles. The zero-order valence-electron chi connectivity index (χ0n) is 5.59. The Morgan fingerprint density at radius 2 is 2.45 bits per heavy atom. The van der Waals surface area contributed by atoms with Crippen LogP contribution >= 0.6 is 27.5 Å². The Kier molecular flexibility index (Phi) is 1.69. The summed E-state index contributed by atoms with van der Waals surface area (Å²) >= 11 is 9.39. The zero-order valence-corrected chi connectivity index (χ0v) is 7.93. The van der Waals surface area contributed by atoms with E-state index in [1.807, 2.05) is 29.5 Å². The van der Waals surface area contributed by atoms with E-state index in [4.69, 9.17) is 11.6 Å². The van der Waals surface area contributed by atoms with Crippen molar-refractivity contribution in [2.75, 3.05) is 0 Å². The van der Waals surface area contributed by atoms with Gasteiger partial charge in [-0.2, -0.15) is 0 Å². The van der Waals surface area contributed by atoms with Crippen molar-refractivity contribution in [3.63, 3.8) is 0 Å². The van der Waals surface area contributed by atoms with Gasteiger partial charge in [0.15, 0.2) is 0 Å². The van der Waals surface area contributed by atoms with Gasteiger partial charge in [0, 0.05) is 12.4 Å². The Labute approximate surface area is 78.3 Å². The van der Waals surface area contributed by atoms with Crippen molar-refractivity contribution in [1.82, 2.24) is 10.2 Å². The van der Waals surface area contributed by atoms with Gasteiger partial charge in [-0.15, -0.1) is 0 Å². The van der Waals surface area contributed by atoms with Crippen molar-refractivity contribution in [1.29, 1.82) is 0 Å². The molecule has 0 aromatic heterocycles. The largest absolute Gasteiger partial charge is 0.346 e. The number of allylic oxidation sites excluding steroid dienone is 2. The highest BCUT2D eigenvalue weighted by Gasteiger charge is 2.22. The molecule has 1 unspecified atom stereocenters. The first-order valence-electron chi connectivity index (χ1n) is 3.22. The Hall–Kier alpha value is -0.410. The molecular formula is C7H6BrClN2. The van der Waals surface area contributed by atoms with Crippen LogP contribution in [0.3, 0.4) is 0 Å². The number of fused-ring (bicyclic) bond motifs is 1. The Bertz CT molecular complexity index is 270. The Morgan fingerprint density at radius 3 is 3.18 bits per heavy atom. The molecule has 2 aliphatic heterocycles. The summed E-state index contributed by atoms with van der Waals surface area (Å²) in [5.41, 5.74) is -0.0717. The predicted molar refractivity (Wildman–Crippen MR) is 48.8 cm³/mol. The summed E-state index contributed by atoms with van der Waals surface area (Å²) in [6, 6.07) is 0. The zero-order chi connectivity index (χ0) is 7.84. The van der Waals surface area contributed by atoms with Crippen LogP contribution < -0.4 is 5.32 Å². The van der Waals surface area contributed by atoms with Crippen LogP contribution in [-0.2, 0) is 0 Å². The summed E-state index contributed by atoms with van der Waals surface area (Å²) in [6.45, 7) is 0. The second-order valence-corrected chi connectivity index (χ2v) is 3.60. The number of nitrogens with zero attached hydrogens (tertiary/aromatic N) is 1. The molecule has 11 heavy (non-hydrogen) atoms. The molecule has 1 atom stereocenters. The third kappa shape index (κ3) is 1.08. The number of hydrogen-bond donors (Lipinski definition) is 1. The molecule has 58 valence electrons. The summed E-state index contributed by atoms with van der Waals surface area (Å²) in [7, 11) is 0. The van der Waals surface area contributed by atoms with Crippen LogP contribution in [0, 0.1) is 0 Å². The van der Waals surface area contributed by atoms with Crippen LogP contribution in [0.1, 0.15) is 0 Å². The second kappa shape index (κ2) is 2.57. The number of hydrogen-bond acceptors (Lipinski definition) is 2. The quantitative estimate of drug-likeness (QED) is 0.509. The molecule has 2 heterocycles. The van der Waals surface area contributed by atoms with E-state index >= 15 is 0 Å². The van der Waals surface area contributed by atoms with Crippen molar-refractivity contribution < 1.29 is 0 Å². The van der Waals surface area contributed by atoms with Crippen molar-refractivity contribution >= 4 is 27.5 Å². The van der Waals surface area contributed by atoms with Crippen LogP contribution in [0.2, 0.25) is 0 Å². The highest BCUT2D eigenvalue weighted by Crippen LogP contribution is 2.28. The summed E-state index contributed by atoms with van der Waals surface area (Å²) in [6.07, 6.45) is 7.65. The van der Waals surface area contributed by atoms with Crippen molar-refractivity contribution in [2.24, 2.45) is 0 Å². The van der Waals surface area contributed by atoms with Crippen LogP contribution in [0.5, 0.6) is 0 Å². The minimum atomic E-state index is -0.0717. The molecule has 0 saturated heterocycles. The summed E-state index contributed by atoms with van der Waals surface area (Å²) in [4.78, 5) is 1.95. The molecule has 0 amide bonds. The lowest BCUT2D eigenvalue weighted by atomic mass is 10.3. The van der Waals surface area contributed by atoms with Crippen molar-refractivity contribution in [3.05, 3.63) is 34.9 Å². The third-order valence-corrected chi connectivity index (χ3v) is 2.60.